The van der Waals surface area contributed by atoms with Crippen LogP contribution < -0.4 is 10.6 Å². The van der Waals surface area contributed by atoms with E-state index in [2.05, 4.69) is 9.88 Å². The topological polar surface area (TPSA) is 77.7 Å². The van der Waals surface area contributed by atoms with E-state index in [4.69, 9.17) is 15.2 Å². The molecule has 110 valence electrons. The van der Waals surface area contributed by atoms with E-state index >= 15 is 0 Å². The highest BCUT2D eigenvalue weighted by Gasteiger charge is 2.26. The Balaban J connectivity index is 2.17. The van der Waals surface area contributed by atoms with Crippen LogP contribution in [0.3, 0.4) is 0 Å². The molecule has 2 N–H and O–H groups in total. The number of nitrogens with zero attached hydrogens (tertiary/aromatic N) is 2. The fourth-order valence-electron chi connectivity index (χ4n) is 2.50. The molecule has 0 radical (unpaired) electrons. The highest BCUT2D eigenvalue weighted by Crippen LogP contribution is 2.29. The van der Waals surface area contributed by atoms with E-state index in [1.165, 1.54) is 0 Å². The highest BCUT2D eigenvalue weighted by atomic mass is 16.5. The van der Waals surface area contributed by atoms with E-state index in [0.29, 0.717) is 29.6 Å². The van der Waals surface area contributed by atoms with Gasteiger partial charge in [0.25, 0.3) is 0 Å². The first kappa shape index (κ1) is 14.6. The predicted molar refractivity (Wildman–Crippen MR) is 76.8 cm³/mol. The van der Waals surface area contributed by atoms with Gasteiger partial charge in [-0.15, -0.1) is 0 Å². The summed E-state index contributed by atoms with van der Waals surface area (Å²) in [4.78, 5) is 18.2. The summed E-state index contributed by atoms with van der Waals surface area (Å²) in [5.74, 6) is 0.739. The van der Waals surface area contributed by atoms with Gasteiger partial charge in [-0.1, -0.05) is 0 Å². The lowest BCUT2D eigenvalue weighted by Crippen LogP contribution is -2.24. The minimum atomic E-state index is -0.402. The van der Waals surface area contributed by atoms with Gasteiger partial charge in [0.2, 0.25) is 0 Å². The van der Waals surface area contributed by atoms with Crippen LogP contribution in [0.4, 0.5) is 11.5 Å². The van der Waals surface area contributed by atoms with Crippen molar-refractivity contribution in [1.82, 2.24) is 4.98 Å². The van der Waals surface area contributed by atoms with Gasteiger partial charge in [0.05, 0.1) is 24.5 Å². The molecule has 1 fully saturated rings. The Kier molecular flexibility index (Phi) is 4.79. The molecule has 0 aliphatic carbocycles. The second kappa shape index (κ2) is 6.56. The predicted octanol–water partition coefficient (Wildman–Crippen LogP) is 1.31. The van der Waals surface area contributed by atoms with Crippen molar-refractivity contribution in [2.45, 2.75) is 13.3 Å². The smallest absolute Gasteiger partial charge is 0.340 e. The monoisotopic (exact) mass is 279 g/mol. The van der Waals surface area contributed by atoms with Crippen molar-refractivity contribution in [3.05, 3.63) is 17.8 Å². The van der Waals surface area contributed by atoms with Crippen molar-refractivity contribution in [3.63, 3.8) is 0 Å². The van der Waals surface area contributed by atoms with E-state index in [0.717, 1.165) is 26.1 Å². The first-order valence-electron chi connectivity index (χ1n) is 6.82. The molecule has 0 amide bonds. The van der Waals surface area contributed by atoms with Crippen molar-refractivity contribution >= 4 is 17.5 Å². The maximum atomic E-state index is 11.8. The number of pyridine rings is 1. The molecule has 1 aliphatic rings. The Morgan fingerprint density at radius 1 is 1.60 bits per heavy atom. The largest absolute Gasteiger partial charge is 0.462 e. The average Bonchev–Trinajstić information content (AvgIpc) is 2.88. The number of ether oxygens (including phenoxy) is 2. The number of anilines is 2. The molecule has 1 atom stereocenters. The normalized spacial score (nSPS) is 18.3. The molecular weight excluding hydrogens is 258 g/mol. The van der Waals surface area contributed by atoms with Crippen LogP contribution in [0.25, 0.3) is 0 Å². The first-order valence-corrected chi connectivity index (χ1v) is 6.82. The summed E-state index contributed by atoms with van der Waals surface area (Å²) in [7, 11) is 1.71. The molecule has 1 unspecified atom stereocenters. The summed E-state index contributed by atoms with van der Waals surface area (Å²) in [5.41, 5.74) is 6.85. The first-order chi connectivity index (χ1) is 9.67. The number of rotatable bonds is 5. The Labute approximate surface area is 118 Å². The van der Waals surface area contributed by atoms with Crippen LogP contribution in [0.1, 0.15) is 23.7 Å². The Bertz CT molecular complexity index is 479. The standard InChI is InChI=1S/C14H21N3O3/c1-3-20-14(18)11-4-6-16-13(12(11)15)17-7-5-10(8-17)9-19-2/h4,6,10H,3,5,7-9,15H2,1-2H3. The number of nitrogens with two attached hydrogens (primary N) is 1. The van der Waals surface area contributed by atoms with Crippen LogP contribution in [-0.4, -0.2) is 44.4 Å². The van der Waals surface area contributed by atoms with E-state index in [1.54, 1.807) is 26.3 Å². The number of nitrogen functional groups attached to an aromatic ring is 1. The van der Waals surface area contributed by atoms with Gasteiger partial charge in [0, 0.05) is 32.3 Å². The highest BCUT2D eigenvalue weighted by molar-refractivity contribution is 5.97. The second-order valence-corrected chi connectivity index (χ2v) is 4.87. The van der Waals surface area contributed by atoms with E-state index in [-0.39, 0.29) is 0 Å². The van der Waals surface area contributed by atoms with Gasteiger partial charge >= 0.3 is 5.97 Å². The fraction of sp³-hybridized carbons (Fsp3) is 0.571. The van der Waals surface area contributed by atoms with Crippen LogP contribution in [0.15, 0.2) is 12.3 Å². The maximum absolute atomic E-state index is 11.8. The molecule has 20 heavy (non-hydrogen) atoms. The molecule has 1 saturated heterocycles. The molecule has 2 rings (SSSR count). The molecule has 6 heteroatoms. The third kappa shape index (κ3) is 3.01. The van der Waals surface area contributed by atoms with Crippen LogP contribution in [0.2, 0.25) is 0 Å². The molecule has 1 aliphatic heterocycles. The van der Waals surface area contributed by atoms with Crippen LogP contribution in [0, 0.1) is 5.92 Å². The quantitative estimate of drug-likeness (QED) is 0.819. The molecular formula is C14H21N3O3. The van der Waals surface area contributed by atoms with Gasteiger partial charge in [-0.2, -0.15) is 0 Å². The molecule has 2 heterocycles. The van der Waals surface area contributed by atoms with Crippen LogP contribution >= 0.6 is 0 Å². The summed E-state index contributed by atoms with van der Waals surface area (Å²) >= 11 is 0. The fourth-order valence-corrected chi connectivity index (χ4v) is 2.50. The molecule has 1 aromatic heterocycles. The Morgan fingerprint density at radius 2 is 2.40 bits per heavy atom. The Morgan fingerprint density at radius 3 is 3.10 bits per heavy atom. The molecule has 0 saturated carbocycles. The molecule has 6 nitrogen and oxygen atoms in total. The van der Waals surface area contributed by atoms with E-state index < -0.39 is 5.97 Å². The zero-order valence-electron chi connectivity index (χ0n) is 12.0. The van der Waals surface area contributed by atoms with Gasteiger partial charge in [0.1, 0.15) is 0 Å². The van der Waals surface area contributed by atoms with Crippen molar-refractivity contribution in [2.24, 2.45) is 5.92 Å². The lowest BCUT2D eigenvalue weighted by atomic mass is 10.1. The minimum absolute atomic E-state index is 0.329. The van der Waals surface area contributed by atoms with Crippen LogP contribution in [0.5, 0.6) is 0 Å². The van der Waals surface area contributed by atoms with Crippen molar-refractivity contribution in [3.8, 4) is 0 Å². The zero-order valence-corrected chi connectivity index (χ0v) is 12.0. The Hall–Kier alpha value is -1.82. The summed E-state index contributed by atoms with van der Waals surface area (Å²) < 4.78 is 10.2. The van der Waals surface area contributed by atoms with Gasteiger partial charge in [-0.05, 0) is 19.4 Å². The molecule has 0 bridgehead atoms. The number of aromatic nitrogens is 1. The van der Waals surface area contributed by atoms with Gasteiger partial charge in [-0.25, -0.2) is 9.78 Å². The number of esters is 1. The van der Waals surface area contributed by atoms with Gasteiger partial charge in [-0.3, -0.25) is 0 Å². The molecule has 0 spiro atoms. The summed E-state index contributed by atoms with van der Waals surface area (Å²) in [6, 6.07) is 1.60. The lowest BCUT2D eigenvalue weighted by Gasteiger charge is -2.20. The van der Waals surface area contributed by atoms with Crippen LogP contribution in [-0.2, 0) is 9.47 Å². The molecule has 0 aromatic carbocycles. The summed E-state index contributed by atoms with van der Waals surface area (Å²) in [5, 5.41) is 0. The number of methoxy groups -OCH3 is 1. The number of carbonyl (C=O) groups excluding carboxylic acids is 1. The van der Waals surface area contributed by atoms with Crippen molar-refractivity contribution in [1.29, 1.82) is 0 Å². The molecule has 1 aromatic rings. The summed E-state index contributed by atoms with van der Waals surface area (Å²) in [6.07, 6.45) is 2.64. The maximum Gasteiger partial charge on any atom is 0.340 e. The van der Waals surface area contributed by atoms with Gasteiger partial charge in [0.15, 0.2) is 5.82 Å². The van der Waals surface area contributed by atoms with Crippen molar-refractivity contribution < 1.29 is 14.3 Å². The van der Waals surface area contributed by atoms with E-state index in [1.807, 2.05) is 0 Å². The second-order valence-electron chi connectivity index (χ2n) is 4.87. The lowest BCUT2D eigenvalue weighted by molar-refractivity contribution is 0.0527. The summed E-state index contributed by atoms with van der Waals surface area (Å²) in [6.45, 7) is 4.55. The third-order valence-electron chi connectivity index (χ3n) is 3.45. The zero-order chi connectivity index (χ0) is 14.5. The minimum Gasteiger partial charge on any atom is -0.462 e. The van der Waals surface area contributed by atoms with Gasteiger partial charge < -0.3 is 20.1 Å². The average molecular weight is 279 g/mol. The number of carbonyl (C=O) groups is 1. The SMILES string of the molecule is CCOC(=O)c1ccnc(N2CCC(COC)C2)c1N. The van der Waals surface area contributed by atoms with E-state index in [9.17, 15) is 4.79 Å². The number of hydrogen-bond acceptors (Lipinski definition) is 6. The number of hydrogen-bond donors (Lipinski definition) is 1. The van der Waals surface area contributed by atoms with Crippen molar-refractivity contribution in [2.75, 3.05) is 44.0 Å². The third-order valence-corrected chi connectivity index (χ3v) is 3.45.